The van der Waals surface area contributed by atoms with Crippen molar-refractivity contribution in [3.05, 3.63) is 327 Å². The molecule has 11 heteroatoms. The topological polar surface area (TPSA) is 17.1 Å². The molecule has 0 heterocycles. The molecule has 0 aliphatic heterocycles. The Morgan fingerprint density at radius 1 is 0.256 bits per heavy atom. The number of hydrogen-bond acceptors (Lipinski definition) is 7. The molecule has 11 rings (SSSR count). The predicted octanol–water partition coefficient (Wildman–Crippen LogP) is 12.9. The molecule has 11 aromatic rings. The molecule has 0 aliphatic rings. The molecule has 0 radical (unpaired) electrons. The van der Waals surface area contributed by atoms with Crippen LogP contribution in [-0.4, -0.2) is 0 Å². The first-order valence-electron chi connectivity index (χ1n) is 24.1. The molecule has 0 aromatic heterocycles. The van der Waals surface area contributed by atoms with Crippen LogP contribution in [0.1, 0.15) is 5.56 Å². The van der Waals surface area contributed by atoms with E-state index in [0.29, 0.717) is 19.8 Å². The summed E-state index contributed by atoms with van der Waals surface area (Å²) in [7, 11) is -3.81. The molecule has 78 heavy (non-hydrogen) atoms. The van der Waals surface area contributed by atoms with Gasteiger partial charge >= 0.3 is 40.2 Å². The van der Waals surface area contributed by atoms with Crippen LogP contribution in [0.25, 0.3) is 0 Å². The molecule has 394 valence electrons. The maximum absolute atomic E-state index is 8.33. The molecular weight excluding hydrogens is 1310 g/mol. The third-order valence-electron chi connectivity index (χ3n) is 11.7. The Bertz CT molecular complexity index is 2750. The van der Waals surface area contributed by atoms with Crippen molar-refractivity contribution >= 4 is 134 Å². The van der Waals surface area contributed by atoms with Gasteiger partial charge in [-0.3, -0.25) is 0 Å². The van der Waals surface area contributed by atoms with Gasteiger partial charge in [-0.05, 0) is 104 Å². The largest absolute Gasteiger partial charge is 0.813 e. The minimum Gasteiger partial charge on any atom is -0.813 e. The first kappa shape index (κ1) is 67.1. The zero-order valence-corrected chi connectivity index (χ0v) is 53.6. The summed E-state index contributed by atoms with van der Waals surface area (Å²) >= 11 is 19.8. The van der Waals surface area contributed by atoms with E-state index >= 15 is 0 Å². The van der Waals surface area contributed by atoms with Crippen molar-refractivity contribution in [1.29, 1.82) is 0 Å². The SMILES string of the molecule is Cc1ccc([S-])c([S-])c1.[Fe+2].[O]=[W].[S-]c1ccccc1.[S-]c1ccccc1.[SH-].[SH-].c1ccc([P+](c2ccccc2)(c2ccccc2)c2ccccc2)cc1.c1ccc([P+](c2ccccc2)(c2ccccc2)c2ccccc2)cc1. The zero-order chi connectivity index (χ0) is 53.0. The molecule has 1 nitrogen and oxygen atoms in total. The average Bonchev–Trinajstić information content (AvgIpc) is 3.49. The molecule has 0 unspecified atom stereocenters. The molecule has 0 saturated carbocycles. The summed E-state index contributed by atoms with van der Waals surface area (Å²) in [4.78, 5) is 3.37. The zero-order valence-electron chi connectivity index (χ0n) is 42.7. The maximum atomic E-state index is 8.33. The van der Waals surface area contributed by atoms with E-state index in [-0.39, 0.29) is 44.1 Å². The summed E-state index contributed by atoms with van der Waals surface area (Å²) in [5.41, 5.74) is 1.17. The third-order valence-corrected chi connectivity index (χ3v) is 21.7. The normalized spacial score (nSPS) is 9.86. The second kappa shape index (κ2) is 36.9. The first-order valence-corrected chi connectivity index (χ1v) is 30.5. The second-order valence-electron chi connectivity index (χ2n) is 16.6. The molecule has 0 amide bonds. The van der Waals surface area contributed by atoms with E-state index in [2.05, 4.69) is 243 Å². The van der Waals surface area contributed by atoms with Gasteiger partial charge in [0.05, 0.1) is 0 Å². The van der Waals surface area contributed by atoms with Crippen LogP contribution in [0.5, 0.6) is 0 Å². The van der Waals surface area contributed by atoms with Crippen LogP contribution in [0, 0.1) is 6.92 Å². The van der Waals surface area contributed by atoms with Crippen molar-refractivity contribution in [2.24, 2.45) is 0 Å². The van der Waals surface area contributed by atoms with E-state index in [1.807, 2.05) is 85.8 Å². The van der Waals surface area contributed by atoms with Crippen molar-refractivity contribution in [2.75, 3.05) is 0 Å². The summed E-state index contributed by atoms with van der Waals surface area (Å²) < 4.78 is 8.33. The summed E-state index contributed by atoms with van der Waals surface area (Å²) in [6.07, 6.45) is 0. The van der Waals surface area contributed by atoms with Gasteiger partial charge < -0.3 is 77.5 Å². The van der Waals surface area contributed by atoms with Crippen LogP contribution >= 0.6 is 14.5 Å². The minimum absolute atomic E-state index is 0. The van der Waals surface area contributed by atoms with Gasteiger partial charge in [0.1, 0.15) is 57.0 Å². The first-order chi connectivity index (χ1) is 36.8. The van der Waals surface area contributed by atoms with E-state index in [1.165, 1.54) is 48.0 Å². The van der Waals surface area contributed by atoms with E-state index in [9.17, 15) is 0 Å². The van der Waals surface area contributed by atoms with Gasteiger partial charge in [-0.2, -0.15) is 19.6 Å². The van der Waals surface area contributed by atoms with Gasteiger partial charge in [-0.25, -0.2) is 0 Å². The monoisotopic (exact) mass is 1370 g/mol. The van der Waals surface area contributed by atoms with E-state index in [4.69, 9.17) is 53.9 Å². The molecule has 0 bridgehead atoms. The predicted molar refractivity (Wildman–Crippen MR) is 347 cm³/mol. The van der Waals surface area contributed by atoms with E-state index < -0.39 is 14.5 Å². The van der Waals surface area contributed by atoms with Crippen molar-refractivity contribution in [3.63, 3.8) is 0 Å². The number of hydrogen-bond donors (Lipinski definition) is 0. The third kappa shape index (κ3) is 18.7. The van der Waals surface area contributed by atoms with Crippen molar-refractivity contribution in [1.82, 2.24) is 0 Å². The van der Waals surface area contributed by atoms with Gasteiger partial charge in [0.25, 0.3) is 0 Å². The van der Waals surface area contributed by atoms with Crippen LogP contribution in [0.4, 0.5) is 0 Å². The Hall–Kier alpha value is -5.13. The van der Waals surface area contributed by atoms with Crippen molar-refractivity contribution in [3.8, 4) is 0 Å². The quantitative estimate of drug-likeness (QED) is 0.0644. The van der Waals surface area contributed by atoms with Crippen molar-refractivity contribution < 1.29 is 40.2 Å². The standard InChI is InChI=1S/2C24H20P.C7H8S2.2C6H6S.Fe.O.2H2S.W/c2*1-5-13-21(14-6-1)25(22-15-7-2-8-16-22,23-17-9-3-10-18-23)24-19-11-4-12-20-24;1-5-2-3-6(8)7(9)4-5;2*7-6-4-2-1-3-5-6;;;;;/h2*1-20H;2-4,8-9H,1H3;2*1-5,7H;;;2*1H2;/q2*+1;;;;+2;;;;/p-6. The molecule has 0 atom stereocenters. The van der Waals surface area contributed by atoms with Gasteiger partial charge in [-0.15, -0.1) is 0 Å². The molecule has 0 aliphatic carbocycles. The summed E-state index contributed by atoms with van der Waals surface area (Å²) in [6.45, 7) is 2.00. The Morgan fingerprint density at radius 2 is 0.423 bits per heavy atom. The maximum Gasteiger partial charge on any atom is 0.144 e. The fourth-order valence-electron chi connectivity index (χ4n) is 8.46. The Kier molecular flexibility index (Phi) is 31.8. The molecule has 0 fully saturated rings. The smallest absolute Gasteiger partial charge is 0.144 e. The van der Waals surface area contributed by atoms with Crippen molar-refractivity contribution in [2.45, 2.75) is 26.5 Å². The fraction of sp³-hybridized carbons (Fsp3) is 0.0149. The number of thiol groups is 2. The Balaban J connectivity index is 0.000000279. The molecule has 0 N–H and O–H groups in total. The van der Waals surface area contributed by atoms with Crippen LogP contribution < -0.4 is 42.4 Å². The van der Waals surface area contributed by atoms with Crippen LogP contribution in [0.15, 0.2) is 341 Å². The molecular formula is C67H58FeOP2S6W-2. The van der Waals surface area contributed by atoms with E-state index in [1.54, 1.807) is 0 Å². The summed E-state index contributed by atoms with van der Waals surface area (Å²) in [6, 6.07) is 113. The van der Waals surface area contributed by atoms with Gasteiger partial charge in [0, 0.05) is 0 Å². The molecule has 0 saturated heterocycles. The van der Waals surface area contributed by atoms with Crippen LogP contribution in [0.2, 0.25) is 0 Å². The van der Waals surface area contributed by atoms with Gasteiger partial charge in [0.2, 0.25) is 0 Å². The molecule has 11 aromatic carbocycles. The van der Waals surface area contributed by atoms with E-state index in [0.717, 1.165) is 19.6 Å². The van der Waals surface area contributed by atoms with Crippen LogP contribution in [0.3, 0.4) is 0 Å². The fourth-order valence-corrected chi connectivity index (χ4v) is 17.7. The Labute approximate surface area is 523 Å². The second-order valence-corrected chi connectivity index (χ2v) is 25.2. The summed E-state index contributed by atoms with van der Waals surface area (Å²) in [5.74, 6) is 0. The summed E-state index contributed by atoms with van der Waals surface area (Å²) in [5, 5.41) is 11.1. The Morgan fingerprint density at radius 3 is 0.551 bits per heavy atom. The minimum atomic E-state index is -1.91. The van der Waals surface area contributed by atoms with Crippen LogP contribution in [-0.2, 0) is 118 Å². The van der Waals surface area contributed by atoms with Gasteiger partial charge in [0.15, 0.2) is 0 Å². The number of aryl methyl sites for hydroxylation is 1. The van der Waals surface area contributed by atoms with Gasteiger partial charge in [-0.1, -0.05) is 230 Å². The molecule has 0 spiro atoms. The number of benzene rings is 11. The number of rotatable bonds is 8. The average molecular weight is 1370 g/mol.